The van der Waals surface area contributed by atoms with Crippen LogP contribution in [0.4, 0.5) is 5.82 Å². The average Bonchev–Trinajstić information content (AvgIpc) is 2.61. The van der Waals surface area contributed by atoms with Crippen LogP contribution in [0.15, 0.2) is 22.7 Å². The summed E-state index contributed by atoms with van der Waals surface area (Å²) in [6, 6.07) is 4.37. The van der Waals surface area contributed by atoms with E-state index < -0.39 is 5.75 Å². The van der Waals surface area contributed by atoms with Crippen molar-refractivity contribution in [3.63, 3.8) is 0 Å². The van der Waals surface area contributed by atoms with Gasteiger partial charge in [0.15, 0.2) is 23.1 Å². The van der Waals surface area contributed by atoms with Gasteiger partial charge in [-0.15, -0.1) is 0 Å². The van der Waals surface area contributed by atoms with Gasteiger partial charge in [0.2, 0.25) is 0 Å². The predicted molar refractivity (Wildman–Crippen MR) is 54.7 cm³/mol. The van der Waals surface area contributed by atoms with E-state index in [2.05, 4.69) is 5.16 Å². The fraction of sp³-hybridized carbons (Fsp3) is 0. The lowest BCUT2D eigenvalue weighted by Gasteiger charge is -2.03. The molecule has 0 aliphatic heterocycles. The van der Waals surface area contributed by atoms with Gasteiger partial charge in [-0.2, -0.15) is 0 Å². The van der Waals surface area contributed by atoms with Crippen molar-refractivity contribution in [3.8, 4) is 22.8 Å². The zero-order valence-corrected chi connectivity index (χ0v) is 8.19. The van der Waals surface area contributed by atoms with E-state index in [-0.39, 0.29) is 27.9 Å². The molecule has 0 unspecified atom stereocenters. The predicted octanol–water partition coefficient (Wildman–Crippen LogP) is 1.99. The van der Waals surface area contributed by atoms with Crippen LogP contribution < -0.4 is 5.73 Å². The molecule has 2 aromatic rings. The molecule has 15 heavy (non-hydrogen) atoms. The van der Waals surface area contributed by atoms with Gasteiger partial charge in [0.05, 0.1) is 10.6 Å². The summed E-state index contributed by atoms with van der Waals surface area (Å²) in [6.45, 7) is 0. The lowest BCUT2D eigenvalue weighted by Crippen LogP contribution is -1.80. The van der Waals surface area contributed by atoms with Gasteiger partial charge < -0.3 is 20.5 Å². The number of phenolic OH excluding ortho intramolecular Hbond substituents is 2. The van der Waals surface area contributed by atoms with Gasteiger partial charge in [-0.05, 0) is 12.1 Å². The molecular formula is C9H7ClN2O3. The van der Waals surface area contributed by atoms with Crippen molar-refractivity contribution in [3.05, 3.63) is 23.2 Å². The number of aromatic nitrogens is 1. The number of hydrogen-bond donors (Lipinski definition) is 3. The summed E-state index contributed by atoms with van der Waals surface area (Å²) in [5, 5.41) is 22.5. The molecule has 0 fully saturated rings. The number of nitrogens with two attached hydrogens (primary N) is 1. The highest BCUT2D eigenvalue weighted by Crippen LogP contribution is 2.41. The lowest BCUT2D eigenvalue weighted by atomic mass is 10.1. The Morgan fingerprint density at radius 1 is 1.27 bits per heavy atom. The first-order chi connectivity index (χ1) is 7.09. The Morgan fingerprint density at radius 3 is 2.60 bits per heavy atom. The zero-order chi connectivity index (χ0) is 11.0. The third kappa shape index (κ3) is 1.57. The summed E-state index contributed by atoms with van der Waals surface area (Å²) in [7, 11) is 0. The summed E-state index contributed by atoms with van der Waals surface area (Å²) < 4.78 is 4.84. The van der Waals surface area contributed by atoms with Gasteiger partial charge in [0, 0.05) is 6.07 Å². The number of rotatable bonds is 1. The molecule has 1 aromatic heterocycles. The molecule has 0 amide bonds. The van der Waals surface area contributed by atoms with Crippen LogP contribution in [0.2, 0.25) is 5.02 Å². The van der Waals surface area contributed by atoms with E-state index in [0.717, 1.165) is 0 Å². The summed E-state index contributed by atoms with van der Waals surface area (Å²) >= 11 is 5.60. The van der Waals surface area contributed by atoms with E-state index in [4.69, 9.17) is 21.9 Å². The number of anilines is 1. The Balaban J connectivity index is 2.59. The van der Waals surface area contributed by atoms with E-state index >= 15 is 0 Å². The molecule has 0 atom stereocenters. The van der Waals surface area contributed by atoms with E-state index in [9.17, 15) is 10.2 Å². The maximum Gasteiger partial charge on any atom is 0.177 e. The van der Waals surface area contributed by atoms with Gasteiger partial charge in [-0.3, -0.25) is 0 Å². The minimum atomic E-state index is -0.399. The highest BCUT2D eigenvalue weighted by molar-refractivity contribution is 6.32. The summed E-state index contributed by atoms with van der Waals surface area (Å²) in [5.74, 6) is -0.307. The molecule has 0 spiro atoms. The van der Waals surface area contributed by atoms with E-state index in [1.807, 2.05) is 0 Å². The summed E-state index contributed by atoms with van der Waals surface area (Å²) in [6.07, 6.45) is 0. The third-order valence-electron chi connectivity index (χ3n) is 1.90. The van der Waals surface area contributed by atoms with Gasteiger partial charge in [-0.25, -0.2) is 0 Å². The number of benzene rings is 1. The Labute approximate surface area is 89.7 Å². The molecule has 2 rings (SSSR count). The largest absolute Gasteiger partial charge is 0.504 e. The molecule has 0 saturated carbocycles. The standard InChI is InChI=1S/C9H7ClN2O3/c10-5-2-1-4(8(13)9(5)14)6-3-7(11)12-15-6/h1-3,13-14H,(H2,11,12). The Hall–Kier alpha value is -1.88. The van der Waals surface area contributed by atoms with Crippen molar-refractivity contribution in [1.29, 1.82) is 0 Å². The van der Waals surface area contributed by atoms with Crippen molar-refractivity contribution in [2.45, 2.75) is 0 Å². The van der Waals surface area contributed by atoms with Gasteiger partial charge in [-0.1, -0.05) is 16.8 Å². The first-order valence-electron chi connectivity index (χ1n) is 4.02. The van der Waals surface area contributed by atoms with E-state index in [1.165, 1.54) is 18.2 Å². The highest BCUT2D eigenvalue weighted by Gasteiger charge is 2.15. The monoisotopic (exact) mass is 226 g/mol. The molecule has 0 radical (unpaired) electrons. The first-order valence-corrected chi connectivity index (χ1v) is 4.40. The number of phenols is 2. The van der Waals surface area contributed by atoms with Gasteiger partial charge >= 0.3 is 0 Å². The second-order valence-electron chi connectivity index (χ2n) is 2.91. The molecular weight excluding hydrogens is 220 g/mol. The first kappa shape index (κ1) is 9.67. The van der Waals surface area contributed by atoms with Crippen molar-refractivity contribution in [1.82, 2.24) is 5.16 Å². The smallest absolute Gasteiger partial charge is 0.177 e. The number of hydrogen-bond acceptors (Lipinski definition) is 5. The molecule has 0 bridgehead atoms. The number of halogens is 1. The maximum atomic E-state index is 9.58. The molecule has 1 aromatic carbocycles. The lowest BCUT2D eigenvalue weighted by molar-refractivity contribution is 0.399. The average molecular weight is 227 g/mol. The summed E-state index contributed by atoms with van der Waals surface area (Å²) in [5.41, 5.74) is 5.64. The Bertz CT molecular complexity index is 510. The fourth-order valence-corrected chi connectivity index (χ4v) is 1.32. The maximum absolute atomic E-state index is 9.58. The quantitative estimate of drug-likeness (QED) is 0.647. The van der Waals surface area contributed by atoms with Gasteiger partial charge in [0.25, 0.3) is 0 Å². The zero-order valence-electron chi connectivity index (χ0n) is 7.44. The molecule has 0 aliphatic rings. The highest BCUT2D eigenvalue weighted by atomic mass is 35.5. The molecule has 0 aliphatic carbocycles. The van der Waals surface area contributed by atoms with Crippen molar-refractivity contribution < 1.29 is 14.7 Å². The molecule has 4 N–H and O–H groups in total. The number of aromatic hydroxyl groups is 2. The SMILES string of the molecule is Nc1cc(-c2ccc(Cl)c(O)c2O)on1. The molecule has 5 nitrogen and oxygen atoms in total. The van der Waals surface area contributed by atoms with Crippen LogP contribution in [0.1, 0.15) is 0 Å². The molecule has 0 saturated heterocycles. The molecule has 6 heteroatoms. The minimum absolute atomic E-state index is 0.0590. The second-order valence-corrected chi connectivity index (χ2v) is 3.32. The number of nitrogens with zero attached hydrogens (tertiary/aromatic N) is 1. The molecule has 1 heterocycles. The number of nitrogen functional groups attached to an aromatic ring is 1. The normalized spacial score (nSPS) is 10.5. The van der Waals surface area contributed by atoms with Gasteiger partial charge in [0.1, 0.15) is 0 Å². The van der Waals surface area contributed by atoms with E-state index in [1.54, 1.807) is 0 Å². The topological polar surface area (TPSA) is 92.5 Å². The van der Waals surface area contributed by atoms with Crippen molar-refractivity contribution in [2.75, 3.05) is 5.73 Å². The Morgan fingerprint density at radius 2 is 2.00 bits per heavy atom. The Kier molecular flexibility index (Phi) is 2.17. The third-order valence-corrected chi connectivity index (χ3v) is 2.20. The van der Waals surface area contributed by atoms with Crippen molar-refractivity contribution >= 4 is 17.4 Å². The van der Waals surface area contributed by atoms with Crippen LogP contribution in [0.5, 0.6) is 11.5 Å². The van der Waals surface area contributed by atoms with Crippen molar-refractivity contribution in [2.24, 2.45) is 0 Å². The van der Waals surface area contributed by atoms with Crippen LogP contribution in [-0.2, 0) is 0 Å². The van der Waals surface area contributed by atoms with E-state index in [0.29, 0.717) is 0 Å². The second kappa shape index (κ2) is 3.36. The summed E-state index contributed by atoms with van der Waals surface area (Å²) in [4.78, 5) is 0. The van der Waals surface area contributed by atoms with Crippen LogP contribution >= 0.6 is 11.6 Å². The van der Waals surface area contributed by atoms with Crippen LogP contribution in [0, 0.1) is 0 Å². The fourth-order valence-electron chi connectivity index (χ4n) is 1.17. The van der Waals surface area contributed by atoms with Crippen LogP contribution in [-0.4, -0.2) is 15.4 Å². The minimum Gasteiger partial charge on any atom is -0.504 e. The van der Waals surface area contributed by atoms with Crippen LogP contribution in [0.25, 0.3) is 11.3 Å². The van der Waals surface area contributed by atoms with Crippen LogP contribution in [0.3, 0.4) is 0 Å². The molecule has 78 valence electrons.